The Kier molecular flexibility index (Phi) is 4.18. The van der Waals surface area contributed by atoms with E-state index in [0.717, 1.165) is 20.9 Å². The van der Waals surface area contributed by atoms with Crippen molar-refractivity contribution in [3.8, 4) is 0 Å². The average Bonchev–Trinajstić information content (AvgIpc) is 2.90. The Hall–Kier alpha value is -1.91. The quantitative estimate of drug-likeness (QED) is 0.755. The highest BCUT2D eigenvalue weighted by Gasteiger charge is 2.16. The molecule has 0 saturated carbocycles. The number of nitrogens with one attached hydrogen (secondary N) is 1. The van der Waals surface area contributed by atoms with Crippen LogP contribution in [0.25, 0.3) is 10.2 Å². The Labute approximate surface area is 128 Å². The molecule has 3 aromatic rings. The van der Waals surface area contributed by atoms with Crippen LogP contribution in [0.4, 0.5) is 5.13 Å². The van der Waals surface area contributed by atoms with E-state index in [9.17, 15) is 5.11 Å². The van der Waals surface area contributed by atoms with Gasteiger partial charge in [0.2, 0.25) is 0 Å². The molecule has 0 aliphatic rings. The first-order valence-electron chi connectivity index (χ1n) is 7.06. The Morgan fingerprint density at radius 3 is 2.57 bits per heavy atom. The molecule has 108 valence electrons. The Morgan fingerprint density at radius 2 is 1.81 bits per heavy atom. The fourth-order valence-electron chi connectivity index (χ4n) is 2.26. The maximum atomic E-state index is 10.3. The van der Waals surface area contributed by atoms with Crippen molar-refractivity contribution in [2.75, 3.05) is 5.32 Å². The van der Waals surface area contributed by atoms with E-state index in [4.69, 9.17) is 0 Å². The van der Waals surface area contributed by atoms with E-state index in [0.29, 0.717) is 6.42 Å². The van der Waals surface area contributed by atoms with E-state index in [1.165, 1.54) is 0 Å². The molecule has 0 radical (unpaired) electrons. The lowest BCUT2D eigenvalue weighted by Crippen LogP contribution is -2.32. The zero-order valence-electron chi connectivity index (χ0n) is 11.9. The summed E-state index contributed by atoms with van der Waals surface area (Å²) in [5.41, 5.74) is 2.14. The van der Waals surface area contributed by atoms with E-state index < -0.39 is 6.10 Å². The van der Waals surface area contributed by atoms with E-state index in [1.54, 1.807) is 11.3 Å². The second-order valence-corrected chi connectivity index (χ2v) is 6.21. The first kappa shape index (κ1) is 14.0. The topological polar surface area (TPSA) is 45.2 Å². The van der Waals surface area contributed by atoms with Crippen LogP contribution in [0.15, 0.2) is 54.6 Å². The second-order valence-electron chi connectivity index (χ2n) is 5.18. The molecule has 3 rings (SSSR count). The second kappa shape index (κ2) is 6.24. The summed E-state index contributed by atoms with van der Waals surface area (Å²) in [6.07, 6.45) is 0.194. The fraction of sp³-hybridized carbons (Fsp3) is 0.235. The smallest absolute Gasteiger partial charge is 0.184 e. The normalized spacial score (nSPS) is 14.0. The van der Waals surface area contributed by atoms with Gasteiger partial charge in [0.25, 0.3) is 0 Å². The van der Waals surface area contributed by atoms with Gasteiger partial charge >= 0.3 is 0 Å². The van der Waals surface area contributed by atoms with Gasteiger partial charge < -0.3 is 10.4 Å². The minimum absolute atomic E-state index is 0.0502. The van der Waals surface area contributed by atoms with Gasteiger partial charge in [-0.1, -0.05) is 53.8 Å². The molecular weight excluding hydrogens is 280 g/mol. The summed E-state index contributed by atoms with van der Waals surface area (Å²) in [5, 5.41) is 14.5. The van der Waals surface area contributed by atoms with E-state index >= 15 is 0 Å². The van der Waals surface area contributed by atoms with Crippen LogP contribution in [-0.4, -0.2) is 22.2 Å². The molecule has 3 nitrogen and oxygen atoms in total. The summed E-state index contributed by atoms with van der Waals surface area (Å²) in [4.78, 5) is 4.54. The van der Waals surface area contributed by atoms with Crippen molar-refractivity contribution in [3.05, 3.63) is 60.2 Å². The van der Waals surface area contributed by atoms with Crippen LogP contribution in [0.2, 0.25) is 0 Å². The van der Waals surface area contributed by atoms with Crippen LogP contribution in [0.3, 0.4) is 0 Å². The maximum absolute atomic E-state index is 10.3. The summed E-state index contributed by atoms with van der Waals surface area (Å²) in [5.74, 6) is 0. The van der Waals surface area contributed by atoms with Gasteiger partial charge in [-0.25, -0.2) is 4.98 Å². The number of hydrogen-bond donors (Lipinski definition) is 2. The summed E-state index contributed by atoms with van der Waals surface area (Å²) in [7, 11) is 0. The molecule has 0 saturated heterocycles. The average molecular weight is 298 g/mol. The van der Waals surface area contributed by atoms with Crippen molar-refractivity contribution in [2.45, 2.75) is 25.5 Å². The number of para-hydroxylation sites is 1. The van der Waals surface area contributed by atoms with Gasteiger partial charge in [-0.3, -0.25) is 0 Å². The standard InChI is InChI=1S/C17H18N2OS/c1-12(15(20)11-13-7-3-2-4-8-13)18-17-19-14-9-5-6-10-16(14)21-17/h2-10,12,15,20H,11H2,1H3,(H,18,19). The number of anilines is 1. The molecule has 4 heteroatoms. The lowest BCUT2D eigenvalue weighted by molar-refractivity contribution is 0.158. The molecule has 0 aliphatic heterocycles. The molecule has 2 unspecified atom stereocenters. The van der Waals surface area contributed by atoms with Crippen molar-refractivity contribution >= 4 is 26.7 Å². The van der Waals surface area contributed by atoms with Gasteiger partial charge in [0.15, 0.2) is 5.13 Å². The molecule has 0 fully saturated rings. The number of fused-ring (bicyclic) bond motifs is 1. The number of aliphatic hydroxyl groups excluding tert-OH is 1. The highest BCUT2D eigenvalue weighted by Crippen LogP contribution is 2.26. The molecular formula is C17H18N2OS. The number of nitrogens with zero attached hydrogens (tertiary/aromatic N) is 1. The lowest BCUT2D eigenvalue weighted by atomic mass is 10.0. The van der Waals surface area contributed by atoms with E-state index in [-0.39, 0.29) is 6.04 Å². The number of benzene rings is 2. The highest BCUT2D eigenvalue weighted by molar-refractivity contribution is 7.22. The molecule has 21 heavy (non-hydrogen) atoms. The molecule has 1 heterocycles. The molecule has 1 aromatic heterocycles. The third-order valence-electron chi connectivity index (χ3n) is 3.51. The van der Waals surface area contributed by atoms with Crippen LogP contribution in [0, 0.1) is 0 Å². The first-order valence-corrected chi connectivity index (χ1v) is 7.88. The number of rotatable bonds is 5. The van der Waals surface area contributed by atoms with Crippen LogP contribution >= 0.6 is 11.3 Å². The van der Waals surface area contributed by atoms with Crippen molar-refractivity contribution in [3.63, 3.8) is 0 Å². The van der Waals surface area contributed by atoms with Gasteiger partial charge in [0, 0.05) is 6.42 Å². The summed E-state index contributed by atoms with van der Waals surface area (Å²) in [6.45, 7) is 1.99. The number of aliphatic hydroxyl groups is 1. The van der Waals surface area contributed by atoms with Gasteiger partial charge in [-0.15, -0.1) is 0 Å². The van der Waals surface area contributed by atoms with Gasteiger partial charge in [-0.05, 0) is 24.6 Å². The van der Waals surface area contributed by atoms with Crippen LogP contribution < -0.4 is 5.32 Å². The predicted molar refractivity (Wildman–Crippen MR) is 88.9 cm³/mol. The van der Waals surface area contributed by atoms with E-state index in [2.05, 4.69) is 16.4 Å². The van der Waals surface area contributed by atoms with Crippen LogP contribution in [-0.2, 0) is 6.42 Å². The molecule has 0 aliphatic carbocycles. The highest BCUT2D eigenvalue weighted by atomic mass is 32.1. The van der Waals surface area contributed by atoms with Gasteiger partial charge in [-0.2, -0.15) is 0 Å². The molecule has 0 amide bonds. The SMILES string of the molecule is CC(Nc1nc2ccccc2s1)C(O)Cc1ccccc1. The summed E-state index contributed by atoms with van der Waals surface area (Å²) >= 11 is 1.62. The number of aromatic nitrogens is 1. The zero-order chi connectivity index (χ0) is 14.7. The lowest BCUT2D eigenvalue weighted by Gasteiger charge is -2.19. The van der Waals surface area contributed by atoms with E-state index in [1.807, 2.05) is 55.5 Å². The molecule has 2 N–H and O–H groups in total. The van der Waals surface area contributed by atoms with Crippen LogP contribution in [0.1, 0.15) is 12.5 Å². The third-order valence-corrected chi connectivity index (χ3v) is 4.48. The Morgan fingerprint density at radius 1 is 1.10 bits per heavy atom. The van der Waals surface area contributed by atoms with Crippen LogP contribution in [0.5, 0.6) is 0 Å². The van der Waals surface area contributed by atoms with Crippen molar-refractivity contribution in [1.29, 1.82) is 0 Å². The summed E-state index contributed by atoms with van der Waals surface area (Å²) in [6, 6.07) is 18.1. The van der Waals surface area contributed by atoms with Crippen molar-refractivity contribution in [1.82, 2.24) is 4.98 Å². The molecule has 0 bridgehead atoms. The largest absolute Gasteiger partial charge is 0.391 e. The maximum Gasteiger partial charge on any atom is 0.184 e. The molecule has 2 atom stereocenters. The predicted octanol–water partition coefficient (Wildman–Crippen LogP) is 3.70. The Bertz CT molecular complexity index is 678. The van der Waals surface area contributed by atoms with Gasteiger partial charge in [0.05, 0.1) is 22.4 Å². The zero-order valence-corrected chi connectivity index (χ0v) is 12.7. The summed E-state index contributed by atoms with van der Waals surface area (Å²) < 4.78 is 1.16. The first-order chi connectivity index (χ1) is 10.2. The van der Waals surface area contributed by atoms with Crippen molar-refractivity contribution < 1.29 is 5.11 Å². The van der Waals surface area contributed by atoms with Gasteiger partial charge in [0.1, 0.15) is 0 Å². The number of thiazole rings is 1. The minimum atomic E-state index is -0.445. The molecule has 0 spiro atoms. The Balaban J connectivity index is 1.66. The third kappa shape index (κ3) is 3.40. The number of hydrogen-bond acceptors (Lipinski definition) is 4. The van der Waals surface area contributed by atoms with Crippen molar-refractivity contribution in [2.24, 2.45) is 0 Å². The minimum Gasteiger partial charge on any atom is -0.391 e. The fourth-order valence-corrected chi connectivity index (χ4v) is 3.22. The monoisotopic (exact) mass is 298 g/mol. The molecule has 2 aromatic carbocycles.